The number of ether oxygens (including phenoxy) is 1. The second-order valence-corrected chi connectivity index (χ2v) is 6.05. The molecule has 0 aliphatic heterocycles. The lowest BCUT2D eigenvalue weighted by Crippen LogP contribution is -2.36. The van der Waals surface area contributed by atoms with Crippen molar-refractivity contribution < 1.29 is 9.53 Å². The van der Waals surface area contributed by atoms with Crippen molar-refractivity contribution in [1.82, 2.24) is 0 Å². The van der Waals surface area contributed by atoms with E-state index in [0.29, 0.717) is 5.41 Å². The van der Waals surface area contributed by atoms with Gasteiger partial charge in [0.25, 0.3) is 0 Å². The maximum Gasteiger partial charge on any atom is 0.302 e. The second-order valence-electron chi connectivity index (χ2n) is 6.05. The van der Waals surface area contributed by atoms with Gasteiger partial charge < -0.3 is 4.74 Å². The summed E-state index contributed by atoms with van der Waals surface area (Å²) in [5, 5.41) is 0. The SMILES string of the molecule is CC(=O)O[C@@H]1C[C@H]2C[C@@]1(C)CC2(C)C. The molecule has 0 saturated heterocycles. The van der Waals surface area contributed by atoms with Crippen LogP contribution in [0.4, 0.5) is 0 Å². The molecule has 80 valence electrons. The van der Waals surface area contributed by atoms with E-state index in [4.69, 9.17) is 4.74 Å². The van der Waals surface area contributed by atoms with Gasteiger partial charge in [0, 0.05) is 12.3 Å². The van der Waals surface area contributed by atoms with Crippen molar-refractivity contribution in [2.75, 3.05) is 0 Å². The molecule has 2 fully saturated rings. The molecule has 0 aromatic rings. The van der Waals surface area contributed by atoms with Gasteiger partial charge in [-0.15, -0.1) is 0 Å². The topological polar surface area (TPSA) is 26.3 Å². The van der Waals surface area contributed by atoms with Gasteiger partial charge in [0.05, 0.1) is 0 Å². The molecule has 0 radical (unpaired) electrons. The first-order chi connectivity index (χ1) is 6.33. The molecule has 2 bridgehead atoms. The lowest BCUT2D eigenvalue weighted by molar-refractivity contribution is -0.153. The summed E-state index contributed by atoms with van der Waals surface area (Å²) in [4.78, 5) is 11.0. The van der Waals surface area contributed by atoms with E-state index in [1.807, 2.05) is 0 Å². The van der Waals surface area contributed by atoms with Crippen LogP contribution in [0.3, 0.4) is 0 Å². The Morgan fingerprint density at radius 2 is 2.00 bits per heavy atom. The molecular weight excluding hydrogens is 176 g/mol. The molecule has 0 unspecified atom stereocenters. The van der Waals surface area contributed by atoms with E-state index in [2.05, 4.69) is 20.8 Å². The highest BCUT2D eigenvalue weighted by Gasteiger charge is 2.58. The number of hydrogen-bond acceptors (Lipinski definition) is 2. The van der Waals surface area contributed by atoms with Crippen molar-refractivity contribution in [2.45, 2.75) is 53.1 Å². The molecule has 2 aliphatic rings. The van der Waals surface area contributed by atoms with Crippen molar-refractivity contribution in [3.05, 3.63) is 0 Å². The maximum absolute atomic E-state index is 11.0. The number of carbonyl (C=O) groups is 1. The van der Waals surface area contributed by atoms with Gasteiger partial charge in [0.2, 0.25) is 0 Å². The third kappa shape index (κ3) is 1.35. The third-order valence-electron chi connectivity index (χ3n) is 4.26. The lowest BCUT2D eigenvalue weighted by atomic mass is 9.71. The van der Waals surface area contributed by atoms with Crippen LogP contribution in [-0.4, -0.2) is 12.1 Å². The van der Waals surface area contributed by atoms with Gasteiger partial charge in [0.1, 0.15) is 6.10 Å². The Labute approximate surface area is 86.0 Å². The summed E-state index contributed by atoms with van der Waals surface area (Å²) in [6, 6.07) is 0. The van der Waals surface area contributed by atoms with E-state index in [-0.39, 0.29) is 17.5 Å². The highest BCUT2D eigenvalue weighted by atomic mass is 16.5. The van der Waals surface area contributed by atoms with E-state index in [9.17, 15) is 4.79 Å². The first-order valence-corrected chi connectivity index (χ1v) is 5.51. The lowest BCUT2D eigenvalue weighted by Gasteiger charge is -2.38. The van der Waals surface area contributed by atoms with E-state index in [1.165, 1.54) is 19.8 Å². The van der Waals surface area contributed by atoms with Crippen LogP contribution in [0.5, 0.6) is 0 Å². The molecule has 2 aliphatic carbocycles. The Kier molecular flexibility index (Phi) is 1.96. The molecule has 2 heteroatoms. The van der Waals surface area contributed by atoms with Gasteiger partial charge in [-0.05, 0) is 30.6 Å². The molecular formula is C12H20O2. The van der Waals surface area contributed by atoms with Crippen LogP contribution < -0.4 is 0 Å². The molecule has 0 heterocycles. The molecule has 0 N–H and O–H groups in total. The number of esters is 1. The van der Waals surface area contributed by atoms with E-state index >= 15 is 0 Å². The monoisotopic (exact) mass is 196 g/mol. The van der Waals surface area contributed by atoms with Crippen molar-refractivity contribution in [3.8, 4) is 0 Å². The summed E-state index contributed by atoms with van der Waals surface area (Å²) in [6.07, 6.45) is 3.68. The Morgan fingerprint density at radius 3 is 2.36 bits per heavy atom. The van der Waals surface area contributed by atoms with Crippen LogP contribution in [0.25, 0.3) is 0 Å². The summed E-state index contributed by atoms with van der Waals surface area (Å²) in [6.45, 7) is 8.47. The Morgan fingerprint density at radius 1 is 1.36 bits per heavy atom. The normalized spacial score (nSPS) is 44.0. The van der Waals surface area contributed by atoms with Crippen LogP contribution in [0.1, 0.15) is 47.0 Å². The Hall–Kier alpha value is -0.530. The van der Waals surface area contributed by atoms with Gasteiger partial charge in [-0.25, -0.2) is 0 Å². The molecule has 2 saturated carbocycles. The first-order valence-electron chi connectivity index (χ1n) is 5.51. The van der Waals surface area contributed by atoms with Gasteiger partial charge in [-0.3, -0.25) is 4.79 Å². The summed E-state index contributed by atoms with van der Waals surface area (Å²) < 4.78 is 5.40. The van der Waals surface area contributed by atoms with Crippen molar-refractivity contribution in [3.63, 3.8) is 0 Å². The smallest absolute Gasteiger partial charge is 0.302 e. The average Bonchev–Trinajstić information content (AvgIpc) is 2.35. The zero-order valence-electron chi connectivity index (χ0n) is 9.59. The fraction of sp³-hybridized carbons (Fsp3) is 0.917. The minimum Gasteiger partial charge on any atom is -0.462 e. The van der Waals surface area contributed by atoms with Gasteiger partial charge >= 0.3 is 5.97 Å². The van der Waals surface area contributed by atoms with Gasteiger partial charge in [-0.1, -0.05) is 20.8 Å². The highest BCUT2D eigenvalue weighted by Crippen LogP contribution is 2.63. The Bertz CT molecular complexity index is 269. The predicted octanol–water partition coefficient (Wildman–Crippen LogP) is 2.76. The van der Waals surface area contributed by atoms with Crippen LogP contribution >= 0.6 is 0 Å². The molecule has 2 nitrogen and oxygen atoms in total. The molecule has 0 spiro atoms. The third-order valence-corrected chi connectivity index (χ3v) is 4.26. The largest absolute Gasteiger partial charge is 0.462 e. The molecule has 3 atom stereocenters. The fourth-order valence-electron chi connectivity index (χ4n) is 3.68. The van der Waals surface area contributed by atoms with E-state index < -0.39 is 0 Å². The minimum atomic E-state index is -0.124. The van der Waals surface area contributed by atoms with Gasteiger partial charge in [0.15, 0.2) is 0 Å². The average molecular weight is 196 g/mol. The summed E-state index contributed by atoms with van der Waals surface area (Å²) in [7, 11) is 0. The van der Waals surface area contributed by atoms with Crippen LogP contribution in [0.15, 0.2) is 0 Å². The first kappa shape index (κ1) is 10.0. The molecule has 2 rings (SSSR count). The van der Waals surface area contributed by atoms with Crippen LogP contribution in [0, 0.1) is 16.7 Å². The number of rotatable bonds is 1. The molecule has 0 aromatic carbocycles. The predicted molar refractivity (Wildman–Crippen MR) is 54.8 cm³/mol. The van der Waals surface area contributed by atoms with Crippen molar-refractivity contribution in [2.24, 2.45) is 16.7 Å². The molecule has 14 heavy (non-hydrogen) atoms. The van der Waals surface area contributed by atoms with Gasteiger partial charge in [-0.2, -0.15) is 0 Å². The van der Waals surface area contributed by atoms with Crippen molar-refractivity contribution in [1.29, 1.82) is 0 Å². The fourth-order valence-corrected chi connectivity index (χ4v) is 3.68. The standard InChI is InChI=1S/C12H20O2/c1-8(13)14-10-5-9-6-12(10,4)7-11(9,2)3/h9-10H,5-7H2,1-4H3/t9-,10+,12-/m0/s1. The summed E-state index contributed by atoms with van der Waals surface area (Å²) in [5.74, 6) is 0.624. The Balaban J connectivity index is 2.12. The second kappa shape index (κ2) is 2.74. The minimum absolute atomic E-state index is 0.124. The molecule has 0 aromatic heterocycles. The van der Waals surface area contributed by atoms with Crippen LogP contribution in [-0.2, 0) is 9.53 Å². The number of fused-ring (bicyclic) bond motifs is 2. The van der Waals surface area contributed by atoms with Crippen molar-refractivity contribution >= 4 is 5.97 Å². The maximum atomic E-state index is 11.0. The number of carbonyl (C=O) groups excluding carboxylic acids is 1. The molecule has 0 amide bonds. The van der Waals surface area contributed by atoms with Crippen LogP contribution in [0.2, 0.25) is 0 Å². The zero-order chi connectivity index (χ0) is 10.6. The summed E-state index contributed by atoms with van der Waals surface area (Å²) >= 11 is 0. The quantitative estimate of drug-likeness (QED) is 0.603. The summed E-state index contributed by atoms with van der Waals surface area (Å²) in [5.41, 5.74) is 0.700. The number of hydrogen-bond donors (Lipinski definition) is 0. The van der Waals surface area contributed by atoms with E-state index in [1.54, 1.807) is 0 Å². The highest BCUT2D eigenvalue weighted by molar-refractivity contribution is 5.66. The van der Waals surface area contributed by atoms with E-state index in [0.717, 1.165) is 12.3 Å². The zero-order valence-corrected chi connectivity index (χ0v) is 9.59.